The van der Waals surface area contributed by atoms with Crippen LogP contribution in [0.1, 0.15) is 86.5 Å². The molecule has 2 heteroatoms. The molecule has 0 N–H and O–H groups in total. The topological polar surface area (TPSA) is 18.5 Å². The van der Waals surface area contributed by atoms with Crippen molar-refractivity contribution in [3.8, 4) is 0 Å². The van der Waals surface area contributed by atoms with Gasteiger partial charge in [-0.05, 0) is 20.3 Å². The Morgan fingerprint density at radius 1 is 0.750 bits per heavy atom. The van der Waals surface area contributed by atoms with Gasteiger partial charge in [-0.25, -0.2) is 0 Å². The van der Waals surface area contributed by atoms with E-state index in [0.29, 0.717) is 11.8 Å². The van der Waals surface area contributed by atoms with Crippen molar-refractivity contribution in [3.05, 3.63) is 0 Å². The molecule has 0 saturated carbocycles. The highest BCUT2D eigenvalue weighted by molar-refractivity contribution is 4.80. The van der Waals surface area contributed by atoms with Crippen LogP contribution in [0.4, 0.5) is 0 Å². The first-order valence-corrected chi connectivity index (χ1v) is 8.82. The molecule has 122 valence electrons. The van der Waals surface area contributed by atoms with E-state index in [-0.39, 0.29) is 0 Å². The second kappa shape index (κ2) is 11.6. The van der Waals surface area contributed by atoms with Gasteiger partial charge in [0.25, 0.3) is 0 Å². The van der Waals surface area contributed by atoms with Crippen LogP contribution in [0, 0.1) is 11.8 Å². The molecule has 1 atom stereocenters. The lowest BCUT2D eigenvalue weighted by atomic mass is 9.86. The molecule has 0 bridgehead atoms. The maximum atomic E-state index is 6.07. The molecular weight excluding hydrogens is 248 g/mol. The lowest BCUT2D eigenvalue weighted by molar-refractivity contribution is -0.285. The van der Waals surface area contributed by atoms with Gasteiger partial charge in [0.2, 0.25) is 0 Å². The Balaban J connectivity index is 4.29. The van der Waals surface area contributed by atoms with Crippen LogP contribution in [-0.2, 0) is 9.47 Å². The van der Waals surface area contributed by atoms with Gasteiger partial charge in [0.15, 0.2) is 5.79 Å². The molecule has 0 rings (SSSR count). The first-order valence-electron chi connectivity index (χ1n) is 8.82. The second-order valence-corrected chi connectivity index (χ2v) is 6.20. The van der Waals surface area contributed by atoms with E-state index >= 15 is 0 Å². The molecule has 1 unspecified atom stereocenters. The zero-order valence-electron chi connectivity index (χ0n) is 14.8. The molecule has 0 aromatic carbocycles. The highest BCUT2D eigenvalue weighted by Crippen LogP contribution is 2.35. The molecule has 0 aromatic rings. The molecule has 0 amide bonds. The van der Waals surface area contributed by atoms with E-state index in [1.807, 2.05) is 0 Å². The van der Waals surface area contributed by atoms with E-state index in [0.717, 1.165) is 13.2 Å². The van der Waals surface area contributed by atoms with Gasteiger partial charge < -0.3 is 9.47 Å². The first kappa shape index (κ1) is 19.9. The lowest BCUT2D eigenvalue weighted by Gasteiger charge is -2.42. The number of rotatable bonds is 13. The Bertz CT molecular complexity index is 207. The lowest BCUT2D eigenvalue weighted by Crippen LogP contribution is -2.47. The van der Waals surface area contributed by atoms with Crippen molar-refractivity contribution in [2.24, 2.45) is 11.8 Å². The molecule has 2 nitrogen and oxygen atoms in total. The fraction of sp³-hybridized carbons (Fsp3) is 1.00. The van der Waals surface area contributed by atoms with E-state index in [2.05, 4.69) is 41.5 Å². The van der Waals surface area contributed by atoms with Crippen molar-refractivity contribution in [3.63, 3.8) is 0 Å². The van der Waals surface area contributed by atoms with Crippen molar-refractivity contribution in [1.29, 1.82) is 0 Å². The molecule has 0 aliphatic rings. The minimum atomic E-state index is -0.396. The van der Waals surface area contributed by atoms with Crippen LogP contribution in [-0.4, -0.2) is 19.0 Å². The number of unbranched alkanes of at least 4 members (excludes halogenated alkanes) is 5. The summed E-state index contributed by atoms with van der Waals surface area (Å²) in [5.74, 6) is 0.443. The summed E-state index contributed by atoms with van der Waals surface area (Å²) < 4.78 is 12.1. The standard InChI is InChI=1S/C18H38O2/c1-7-10-11-12-13-14-15-17(6)18(16(4)5,19-8-2)20-9-3/h16-17H,7-15H2,1-6H3. The molecule has 0 fully saturated rings. The Morgan fingerprint density at radius 3 is 1.70 bits per heavy atom. The van der Waals surface area contributed by atoms with Crippen LogP contribution in [0.15, 0.2) is 0 Å². The normalized spacial score (nSPS) is 13.9. The Morgan fingerprint density at radius 2 is 1.25 bits per heavy atom. The van der Waals surface area contributed by atoms with Crippen molar-refractivity contribution >= 4 is 0 Å². The van der Waals surface area contributed by atoms with Gasteiger partial charge in [-0.15, -0.1) is 0 Å². The Labute approximate surface area is 127 Å². The zero-order valence-corrected chi connectivity index (χ0v) is 14.8. The van der Waals surface area contributed by atoms with Gasteiger partial charge in [-0.2, -0.15) is 0 Å². The summed E-state index contributed by atoms with van der Waals surface area (Å²) >= 11 is 0. The predicted molar refractivity (Wildman–Crippen MR) is 88.0 cm³/mol. The zero-order chi connectivity index (χ0) is 15.4. The van der Waals surface area contributed by atoms with E-state index in [1.54, 1.807) is 0 Å². The largest absolute Gasteiger partial charge is 0.350 e. The number of ether oxygens (including phenoxy) is 2. The fourth-order valence-corrected chi connectivity index (χ4v) is 3.11. The molecule has 0 aliphatic carbocycles. The monoisotopic (exact) mass is 286 g/mol. The third kappa shape index (κ3) is 6.58. The van der Waals surface area contributed by atoms with Crippen LogP contribution < -0.4 is 0 Å². The molecule has 0 heterocycles. The highest BCUT2D eigenvalue weighted by Gasteiger charge is 2.40. The minimum Gasteiger partial charge on any atom is -0.350 e. The fourth-order valence-electron chi connectivity index (χ4n) is 3.11. The van der Waals surface area contributed by atoms with Crippen molar-refractivity contribution in [2.75, 3.05) is 13.2 Å². The maximum absolute atomic E-state index is 6.07. The smallest absolute Gasteiger partial charge is 0.172 e. The molecule has 0 saturated heterocycles. The van der Waals surface area contributed by atoms with Crippen LogP contribution in [0.3, 0.4) is 0 Å². The van der Waals surface area contributed by atoms with E-state index < -0.39 is 5.79 Å². The van der Waals surface area contributed by atoms with Crippen molar-refractivity contribution in [1.82, 2.24) is 0 Å². The summed E-state index contributed by atoms with van der Waals surface area (Å²) in [4.78, 5) is 0. The summed E-state index contributed by atoms with van der Waals surface area (Å²) in [5, 5.41) is 0. The second-order valence-electron chi connectivity index (χ2n) is 6.20. The molecule has 0 aromatic heterocycles. The van der Waals surface area contributed by atoms with E-state index in [1.165, 1.54) is 44.9 Å². The van der Waals surface area contributed by atoms with E-state index in [9.17, 15) is 0 Å². The quantitative estimate of drug-likeness (QED) is 0.315. The average molecular weight is 286 g/mol. The third-order valence-electron chi connectivity index (χ3n) is 4.22. The van der Waals surface area contributed by atoms with Gasteiger partial charge in [0, 0.05) is 25.0 Å². The highest BCUT2D eigenvalue weighted by atomic mass is 16.7. The van der Waals surface area contributed by atoms with E-state index in [4.69, 9.17) is 9.47 Å². The van der Waals surface area contributed by atoms with Crippen LogP contribution in [0.25, 0.3) is 0 Å². The molecule has 0 aliphatic heterocycles. The summed E-state index contributed by atoms with van der Waals surface area (Å²) in [5.41, 5.74) is 0. The summed E-state index contributed by atoms with van der Waals surface area (Å²) in [6, 6.07) is 0. The summed E-state index contributed by atoms with van der Waals surface area (Å²) in [6.07, 6.45) is 9.29. The SMILES string of the molecule is CCCCCCCCC(C)C(OCC)(OCC)C(C)C. The van der Waals surface area contributed by atoms with Gasteiger partial charge in [-0.1, -0.05) is 66.2 Å². The molecular formula is C18H38O2. The minimum absolute atomic E-state index is 0.387. The summed E-state index contributed by atoms with van der Waals surface area (Å²) in [6.45, 7) is 14.5. The Kier molecular flexibility index (Phi) is 11.5. The van der Waals surface area contributed by atoms with Crippen LogP contribution in [0.5, 0.6) is 0 Å². The van der Waals surface area contributed by atoms with Gasteiger partial charge in [0.1, 0.15) is 0 Å². The maximum Gasteiger partial charge on any atom is 0.172 e. The van der Waals surface area contributed by atoms with Gasteiger partial charge >= 0.3 is 0 Å². The van der Waals surface area contributed by atoms with Crippen LogP contribution >= 0.6 is 0 Å². The molecule has 0 spiro atoms. The Hall–Kier alpha value is -0.0800. The first-order chi connectivity index (χ1) is 9.55. The van der Waals surface area contributed by atoms with Crippen molar-refractivity contribution < 1.29 is 9.47 Å². The van der Waals surface area contributed by atoms with Crippen LogP contribution in [0.2, 0.25) is 0 Å². The summed E-state index contributed by atoms with van der Waals surface area (Å²) in [7, 11) is 0. The van der Waals surface area contributed by atoms with Crippen molar-refractivity contribution in [2.45, 2.75) is 92.3 Å². The van der Waals surface area contributed by atoms with Gasteiger partial charge in [-0.3, -0.25) is 0 Å². The van der Waals surface area contributed by atoms with Gasteiger partial charge in [0.05, 0.1) is 0 Å². The third-order valence-corrected chi connectivity index (χ3v) is 4.22. The number of hydrogen-bond donors (Lipinski definition) is 0. The molecule has 0 radical (unpaired) electrons. The number of hydrogen-bond acceptors (Lipinski definition) is 2. The molecule has 20 heavy (non-hydrogen) atoms. The predicted octanol–water partition coefficient (Wildman–Crippen LogP) is 5.80. The average Bonchev–Trinajstić information content (AvgIpc) is 2.41.